The summed E-state index contributed by atoms with van der Waals surface area (Å²) in [6.07, 6.45) is 8.17. The monoisotopic (exact) mass is 282 g/mol. The molecule has 20 heavy (non-hydrogen) atoms. The van der Waals surface area contributed by atoms with Gasteiger partial charge in [-0.05, 0) is 48.6 Å². The van der Waals surface area contributed by atoms with Crippen LogP contribution in [0.2, 0.25) is 0 Å². The molecule has 0 amide bonds. The summed E-state index contributed by atoms with van der Waals surface area (Å²) in [4.78, 5) is 20.2. The molecule has 3 nitrogen and oxygen atoms in total. The smallest absolute Gasteiger partial charge is 0.178 e. The van der Waals surface area contributed by atoms with Crippen LogP contribution in [0, 0.1) is 0 Å². The molecule has 0 fully saturated rings. The standard InChI is InChI=1S/C16H14N2OS/c19-15(11-13-4-2-10-18-13)16-8-7-14(20-16)6-5-12-3-1-9-17-12/h1-10,17-18H,11H2. The molecule has 0 bridgehead atoms. The first kappa shape index (κ1) is 12.7. The molecule has 0 saturated heterocycles. The van der Waals surface area contributed by atoms with E-state index in [0.717, 1.165) is 21.1 Å². The lowest BCUT2D eigenvalue weighted by molar-refractivity contribution is 0.0996. The maximum Gasteiger partial charge on any atom is 0.178 e. The summed E-state index contributed by atoms with van der Waals surface area (Å²) >= 11 is 1.52. The fraction of sp³-hybridized carbons (Fsp3) is 0.0625. The average Bonchev–Trinajstić information content (AvgIpc) is 3.19. The Hall–Kier alpha value is -2.33. The highest BCUT2D eigenvalue weighted by atomic mass is 32.1. The third-order valence-corrected chi connectivity index (χ3v) is 4.06. The van der Waals surface area contributed by atoms with Crippen LogP contribution in [0.3, 0.4) is 0 Å². The summed E-state index contributed by atoms with van der Waals surface area (Å²) in [5.41, 5.74) is 2.00. The van der Waals surface area contributed by atoms with Crippen molar-refractivity contribution in [3.63, 3.8) is 0 Å². The topological polar surface area (TPSA) is 48.6 Å². The van der Waals surface area contributed by atoms with Crippen molar-refractivity contribution in [1.29, 1.82) is 0 Å². The fourth-order valence-electron chi connectivity index (χ4n) is 1.95. The number of H-pyrrole nitrogens is 2. The van der Waals surface area contributed by atoms with Gasteiger partial charge in [-0.2, -0.15) is 0 Å². The van der Waals surface area contributed by atoms with Crippen molar-refractivity contribution in [3.8, 4) is 0 Å². The zero-order valence-electron chi connectivity index (χ0n) is 10.8. The van der Waals surface area contributed by atoms with Crippen LogP contribution < -0.4 is 0 Å². The van der Waals surface area contributed by atoms with Gasteiger partial charge in [-0.15, -0.1) is 11.3 Å². The zero-order chi connectivity index (χ0) is 13.8. The molecule has 2 N–H and O–H groups in total. The Morgan fingerprint density at radius 1 is 1.05 bits per heavy atom. The van der Waals surface area contributed by atoms with E-state index in [1.165, 1.54) is 11.3 Å². The van der Waals surface area contributed by atoms with Crippen LogP contribution in [0.1, 0.15) is 25.9 Å². The molecular formula is C16H14N2OS. The molecule has 0 aliphatic rings. The number of thiophene rings is 1. The van der Waals surface area contributed by atoms with Crippen LogP contribution in [-0.2, 0) is 6.42 Å². The number of ketones is 1. The first-order chi connectivity index (χ1) is 9.81. The van der Waals surface area contributed by atoms with Gasteiger partial charge >= 0.3 is 0 Å². The lowest BCUT2D eigenvalue weighted by Crippen LogP contribution is -2.00. The highest BCUT2D eigenvalue weighted by Crippen LogP contribution is 2.20. The Labute approximate surface area is 121 Å². The number of aromatic amines is 2. The molecule has 0 radical (unpaired) electrons. The lowest BCUT2D eigenvalue weighted by Gasteiger charge is -1.94. The van der Waals surface area contributed by atoms with Gasteiger partial charge in [-0.1, -0.05) is 0 Å². The SMILES string of the molecule is O=C(Cc1ccc[nH]1)c1ccc(C=Cc2ccc[nH]2)s1. The molecule has 0 saturated carbocycles. The molecule has 3 aromatic heterocycles. The summed E-state index contributed by atoms with van der Waals surface area (Å²) in [6.45, 7) is 0. The molecule has 3 aromatic rings. The van der Waals surface area contributed by atoms with Crippen molar-refractivity contribution >= 4 is 29.3 Å². The first-order valence-electron chi connectivity index (χ1n) is 6.38. The van der Waals surface area contributed by atoms with E-state index >= 15 is 0 Å². The van der Waals surface area contributed by atoms with Gasteiger partial charge in [-0.3, -0.25) is 4.79 Å². The molecular weight excluding hydrogens is 268 g/mol. The largest absolute Gasteiger partial charge is 0.365 e. The Bertz CT molecular complexity index is 706. The second-order valence-corrected chi connectivity index (χ2v) is 5.57. The molecule has 4 heteroatoms. The Morgan fingerprint density at radius 2 is 1.90 bits per heavy atom. The number of nitrogens with one attached hydrogen (secondary N) is 2. The highest BCUT2D eigenvalue weighted by molar-refractivity contribution is 7.14. The highest BCUT2D eigenvalue weighted by Gasteiger charge is 2.09. The van der Waals surface area contributed by atoms with E-state index in [2.05, 4.69) is 9.97 Å². The van der Waals surface area contributed by atoms with Crippen LogP contribution in [0.4, 0.5) is 0 Å². The molecule has 3 heterocycles. The average molecular weight is 282 g/mol. The van der Waals surface area contributed by atoms with Crippen molar-refractivity contribution in [3.05, 3.63) is 69.9 Å². The van der Waals surface area contributed by atoms with Crippen molar-refractivity contribution in [1.82, 2.24) is 9.97 Å². The molecule has 100 valence electrons. The summed E-state index contributed by atoms with van der Waals surface area (Å²) in [6, 6.07) is 11.7. The summed E-state index contributed by atoms with van der Waals surface area (Å²) in [5.74, 6) is 0.150. The minimum atomic E-state index is 0.150. The van der Waals surface area contributed by atoms with E-state index in [1.54, 1.807) is 0 Å². The number of hydrogen-bond donors (Lipinski definition) is 2. The number of carbonyl (C=O) groups is 1. The van der Waals surface area contributed by atoms with Gasteiger partial charge < -0.3 is 9.97 Å². The van der Waals surface area contributed by atoms with Gasteiger partial charge in [0.25, 0.3) is 0 Å². The molecule has 0 unspecified atom stereocenters. The minimum absolute atomic E-state index is 0.150. The molecule has 0 aromatic carbocycles. The molecule has 0 aliphatic heterocycles. The van der Waals surface area contributed by atoms with Gasteiger partial charge in [0.05, 0.1) is 11.3 Å². The number of rotatable bonds is 5. The zero-order valence-corrected chi connectivity index (χ0v) is 11.6. The predicted molar refractivity (Wildman–Crippen MR) is 82.9 cm³/mol. The van der Waals surface area contributed by atoms with Crippen LogP contribution in [0.5, 0.6) is 0 Å². The maximum atomic E-state index is 12.1. The van der Waals surface area contributed by atoms with Gasteiger partial charge in [0.2, 0.25) is 0 Å². The second kappa shape index (κ2) is 5.75. The van der Waals surface area contributed by atoms with E-state index in [4.69, 9.17) is 0 Å². The minimum Gasteiger partial charge on any atom is -0.365 e. The van der Waals surface area contributed by atoms with Gasteiger partial charge in [0, 0.05) is 28.7 Å². The fourth-order valence-corrected chi connectivity index (χ4v) is 2.80. The van der Waals surface area contributed by atoms with Crippen molar-refractivity contribution in [2.75, 3.05) is 0 Å². The second-order valence-electron chi connectivity index (χ2n) is 4.46. The number of aromatic nitrogens is 2. The van der Waals surface area contributed by atoms with Crippen LogP contribution in [0.25, 0.3) is 12.2 Å². The summed E-state index contributed by atoms with van der Waals surface area (Å²) in [7, 11) is 0. The third-order valence-electron chi connectivity index (χ3n) is 2.96. The first-order valence-corrected chi connectivity index (χ1v) is 7.20. The quantitative estimate of drug-likeness (QED) is 0.683. The Balaban J connectivity index is 1.68. The van der Waals surface area contributed by atoms with E-state index in [0.29, 0.717) is 6.42 Å². The van der Waals surface area contributed by atoms with Gasteiger partial charge in [-0.25, -0.2) is 0 Å². The maximum absolute atomic E-state index is 12.1. The summed E-state index contributed by atoms with van der Waals surface area (Å²) < 4.78 is 0. The lowest BCUT2D eigenvalue weighted by atomic mass is 10.2. The van der Waals surface area contributed by atoms with E-state index in [9.17, 15) is 4.79 Å². The van der Waals surface area contributed by atoms with E-state index in [-0.39, 0.29) is 5.78 Å². The summed E-state index contributed by atoms with van der Waals surface area (Å²) in [5, 5.41) is 0. The van der Waals surface area contributed by atoms with E-state index in [1.807, 2.05) is 60.9 Å². The predicted octanol–water partition coefficient (Wildman–Crippen LogP) is 4.00. The third kappa shape index (κ3) is 2.97. The number of hydrogen-bond acceptors (Lipinski definition) is 2. The van der Waals surface area contributed by atoms with Gasteiger partial charge in [0.15, 0.2) is 5.78 Å². The van der Waals surface area contributed by atoms with Crippen LogP contribution in [-0.4, -0.2) is 15.8 Å². The van der Waals surface area contributed by atoms with E-state index < -0.39 is 0 Å². The molecule has 0 aliphatic carbocycles. The Morgan fingerprint density at radius 3 is 2.65 bits per heavy atom. The molecule has 0 spiro atoms. The Kier molecular flexibility index (Phi) is 3.65. The normalized spacial score (nSPS) is 11.2. The van der Waals surface area contributed by atoms with Gasteiger partial charge in [0.1, 0.15) is 0 Å². The van der Waals surface area contributed by atoms with Crippen LogP contribution >= 0.6 is 11.3 Å². The number of carbonyl (C=O) groups excluding carboxylic acids is 1. The van der Waals surface area contributed by atoms with Crippen molar-refractivity contribution in [2.45, 2.75) is 6.42 Å². The number of Topliss-reactive ketones (excluding diaryl/α,β-unsaturated/α-hetero) is 1. The molecule has 0 atom stereocenters. The van der Waals surface area contributed by atoms with Crippen molar-refractivity contribution in [2.24, 2.45) is 0 Å². The molecule has 3 rings (SSSR count). The van der Waals surface area contributed by atoms with Crippen molar-refractivity contribution < 1.29 is 4.79 Å². The van der Waals surface area contributed by atoms with Crippen LogP contribution in [0.15, 0.2) is 48.8 Å².